The first-order chi connectivity index (χ1) is 14.9. The summed E-state index contributed by atoms with van der Waals surface area (Å²) in [5.74, 6) is 1.02. The number of anilines is 2. The lowest BCUT2D eigenvalue weighted by atomic mass is 10.1. The van der Waals surface area contributed by atoms with Crippen molar-refractivity contribution in [3.63, 3.8) is 0 Å². The molecule has 0 aliphatic heterocycles. The van der Waals surface area contributed by atoms with E-state index in [9.17, 15) is 4.79 Å². The van der Waals surface area contributed by atoms with Crippen molar-refractivity contribution in [2.24, 2.45) is 0 Å². The molecule has 0 radical (unpaired) electrons. The minimum atomic E-state index is -0.0692. The molecule has 2 aromatic carbocycles. The Morgan fingerprint density at radius 1 is 1.10 bits per heavy atom. The second-order valence-electron chi connectivity index (χ2n) is 7.24. The highest BCUT2D eigenvalue weighted by atomic mass is 32.2. The van der Waals surface area contributed by atoms with Crippen molar-refractivity contribution in [2.45, 2.75) is 38.7 Å². The van der Waals surface area contributed by atoms with Gasteiger partial charge < -0.3 is 4.42 Å². The maximum Gasteiger partial charge on any atom is 0.277 e. The number of rotatable bonds is 6. The lowest BCUT2D eigenvalue weighted by Crippen LogP contribution is -2.23. The predicted octanol–water partition coefficient (Wildman–Crippen LogP) is 6.10. The number of benzene rings is 2. The molecule has 1 amide bonds. The van der Waals surface area contributed by atoms with E-state index in [2.05, 4.69) is 21.2 Å². The van der Waals surface area contributed by atoms with E-state index in [-0.39, 0.29) is 5.91 Å². The number of hydrogen-bond donors (Lipinski definition) is 0. The molecular weight excluding hydrogens is 428 g/mol. The van der Waals surface area contributed by atoms with E-state index >= 15 is 0 Å². The summed E-state index contributed by atoms with van der Waals surface area (Å²) in [6.07, 6.45) is 0. The number of amides is 1. The third-order valence-electron chi connectivity index (χ3n) is 4.76. The fourth-order valence-electron chi connectivity index (χ4n) is 3.25. The van der Waals surface area contributed by atoms with Crippen molar-refractivity contribution >= 4 is 39.8 Å². The second-order valence-corrected chi connectivity index (χ2v) is 9.01. The highest BCUT2D eigenvalue weighted by Crippen LogP contribution is 2.33. The van der Waals surface area contributed by atoms with Gasteiger partial charge in [0.2, 0.25) is 11.8 Å². The molecular formula is C23H22N4O2S2. The lowest BCUT2D eigenvalue weighted by Gasteiger charge is -2.20. The highest BCUT2D eigenvalue weighted by Gasteiger charge is 2.20. The number of carbonyl (C=O) groups excluding carboxylic acids is 1. The summed E-state index contributed by atoms with van der Waals surface area (Å²) in [4.78, 5) is 18.7. The maximum atomic E-state index is 12.4. The molecule has 0 aliphatic rings. The fraction of sp³-hybridized carbons (Fsp3) is 0.217. The van der Waals surface area contributed by atoms with Gasteiger partial charge in [0.1, 0.15) is 0 Å². The summed E-state index contributed by atoms with van der Waals surface area (Å²) in [6, 6.07) is 13.9. The molecule has 8 heteroatoms. The van der Waals surface area contributed by atoms with E-state index in [1.807, 2.05) is 62.5 Å². The largest absolute Gasteiger partial charge is 0.411 e. The van der Waals surface area contributed by atoms with Crippen molar-refractivity contribution in [1.29, 1.82) is 0 Å². The summed E-state index contributed by atoms with van der Waals surface area (Å²) in [5.41, 5.74) is 5.93. The van der Waals surface area contributed by atoms with Crippen LogP contribution in [0.1, 0.15) is 29.3 Å². The van der Waals surface area contributed by atoms with E-state index < -0.39 is 0 Å². The van der Waals surface area contributed by atoms with Gasteiger partial charge in [-0.1, -0.05) is 47.7 Å². The average molecular weight is 451 g/mol. The number of carbonyl (C=O) groups is 1. The van der Waals surface area contributed by atoms with Crippen LogP contribution in [0.5, 0.6) is 0 Å². The van der Waals surface area contributed by atoms with E-state index in [1.54, 1.807) is 11.8 Å². The number of aryl methyl sites for hydroxylation is 3. The van der Waals surface area contributed by atoms with Crippen LogP contribution in [0.15, 0.2) is 57.5 Å². The summed E-state index contributed by atoms with van der Waals surface area (Å²) < 4.78 is 5.81. The van der Waals surface area contributed by atoms with E-state index in [0.717, 1.165) is 33.6 Å². The first kappa shape index (κ1) is 21.3. The Balaban J connectivity index is 1.49. The number of aromatic nitrogens is 3. The summed E-state index contributed by atoms with van der Waals surface area (Å²) in [6.45, 7) is 7.61. The maximum absolute atomic E-state index is 12.4. The van der Waals surface area contributed by atoms with Crippen molar-refractivity contribution in [3.8, 4) is 11.5 Å². The third kappa shape index (κ3) is 4.70. The van der Waals surface area contributed by atoms with Gasteiger partial charge in [0.25, 0.3) is 5.22 Å². The monoisotopic (exact) mass is 450 g/mol. The molecule has 31 heavy (non-hydrogen) atoms. The molecule has 0 N–H and O–H groups in total. The van der Waals surface area contributed by atoms with Crippen LogP contribution in [-0.4, -0.2) is 21.1 Å². The second kappa shape index (κ2) is 9.03. The summed E-state index contributed by atoms with van der Waals surface area (Å²) >= 11 is 2.88. The predicted molar refractivity (Wildman–Crippen MR) is 125 cm³/mol. The quantitative estimate of drug-likeness (QED) is 0.331. The van der Waals surface area contributed by atoms with E-state index in [0.29, 0.717) is 22.0 Å². The zero-order chi connectivity index (χ0) is 22.0. The fourth-order valence-corrected chi connectivity index (χ4v) is 4.90. The topological polar surface area (TPSA) is 72.1 Å². The zero-order valence-electron chi connectivity index (χ0n) is 17.7. The molecule has 4 aromatic rings. The molecule has 2 heterocycles. The molecule has 0 unspecified atom stereocenters. The normalized spacial score (nSPS) is 11.0. The molecule has 0 spiro atoms. The van der Waals surface area contributed by atoms with Crippen molar-refractivity contribution in [1.82, 2.24) is 15.2 Å². The standard InChI is InChI=1S/C23H22N4O2S2/c1-14-9-10-20(16(3)11-14)27(17(4)28)22-24-18(12-30-22)13-31-23-26-25-21(29-23)19-8-6-5-7-15(19)2/h5-12H,13H2,1-4H3. The Morgan fingerprint density at radius 3 is 2.65 bits per heavy atom. The Hall–Kier alpha value is -2.97. The smallest absolute Gasteiger partial charge is 0.277 e. The van der Waals surface area contributed by atoms with Gasteiger partial charge in [0.15, 0.2) is 5.13 Å². The van der Waals surface area contributed by atoms with E-state index in [1.165, 1.54) is 23.1 Å². The van der Waals surface area contributed by atoms with Gasteiger partial charge >= 0.3 is 0 Å². The van der Waals surface area contributed by atoms with Crippen LogP contribution in [0.25, 0.3) is 11.5 Å². The molecule has 0 saturated carbocycles. The van der Waals surface area contributed by atoms with E-state index in [4.69, 9.17) is 4.42 Å². The number of hydrogen-bond acceptors (Lipinski definition) is 7. The van der Waals surface area contributed by atoms with Gasteiger partial charge in [0, 0.05) is 23.6 Å². The Labute approximate surface area is 189 Å². The molecule has 4 rings (SSSR count). The summed E-state index contributed by atoms with van der Waals surface area (Å²) in [5, 5.41) is 11.4. The minimum absolute atomic E-state index is 0.0692. The third-order valence-corrected chi connectivity index (χ3v) is 6.49. The molecule has 6 nitrogen and oxygen atoms in total. The summed E-state index contributed by atoms with van der Waals surface area (Å²) in [7, 11) is 0. The van der Waals surface area contributed by atoms with Gasteiger partial charge in [-0.2, -0.15) is 0 Å². The first-order valence-corrected chi connectivity index (χ1v) is 11.6. The molecule has 0 fully saturated rings. The molecule has 0 bridgehead atoms. The van der Waals surface area contributed by atoms with Crippen LogP contribution in [0, 0.1) is 20.8 Å². The van der Waals surface area contributed by atoms with Crippen LogP contribution in [0.2, 0.25) is 0 Å². The van der Waals surface area contributed by atoms with Gasteiger partial charge in [-0.05, 0) is 44.0 Å². The van der Waals surface area contributed by atoms with Gasteiger partial charge in [-0.15, -0.1) is 21.5 Å². The van der Waals surface area contributed by atoms with Crippen molar-refractivity contribution in [2.75, 3.05) is 4.90 Å². The molecule has 0 atom stereocenters. The van der Waals surface area contributed by atoms with Crippen molar-refractivity contribution < 1.29 is 9.21 Å². The van der Waals surface area contributed by atoms with Crippen LogP contribution in [0.4, 0.5) is 10.8 Å². The Bertz CT molecular complexity index is 1230. The first-order valence-electron chi connectivity index (χ1n) is 9.77. The minimum Gasteiger partial charge on any atom is -0.411 e. The van der Waals surface area contributed by atoms with Crippen LogP contribution >= 0.6 is 23.1 Å². The molecule has 158 valence electrons. The number of nitrogens with zero attached hydrogens (tertiary/aromatic N) is 4. The Kier molecular flexibility index (Phi) is 6.20. The van der Waals surface area contributed by atoms with Crippen LogP contribution < -0.4 is 4.90 Å². The number of thioether (sulfide) groups is 1. The zero-order valence-corrected chi connectivity index (χ0v) is 19.4. The van der Waals surface area contributed by atoms with Gasteiger partial charge in [0.05, 0.1) is 11.4 Å². The number of thiazole rings is 1. The molecule has 0 saturated heterocycles. The van der Waals surface area contributed by atoms with Gasteiger partial charge in [-0.3, -0.25) is 9.69 Å². The van der Waals surface area contributed by atoms with Crippen molar-refractivity contribution in [3.05, 3.63) is 70.2 Å². The lowest BCUT2D eigenvalue weighted by molar-refractivity contribution is -0.115. The molecule has 2 aromatic heterocycles. The molecule has 0 aliphatic carbocycles. The van der Waals surface area contributed by atoms with Crippen LogP contribution in [0.3, 0.4) is 0 Å². The van der Waals surface area contributed by atoms with Gasteiger partial charge in [-0.25, -0.2) is 4.98 Å². The average Bonchev–Trinajstić information content (AvgIpc) is 3.38. The SMILES string of the molecule is CC(=O)N(c1nc(CSc2nnc(-c3ccccc3C)o2)cs1)c1ccc(C)cc1C. The Morgan fingerprint density at radius 2 is 1.90 bits per heavy atom. The van der Waals surface area contributed by atoms with Crippen LogP contribution in [-0.2, 0) is 10.5 Å². The highest BCUT2D eigenvalue weighted by molar-refractivity contribution is 7.98.